The summed E-state index contributed by atoms with van der Waals surface area (Å²) in [6.45, 7) is 6.54. The molecule has 4 aliphatic heterocycles. The molecule has 6 aliphatic rings. The number of hydrogen-bond acceptors (Lipinski definition) is 10. The highest BCUT2D eigenvalue weighted by atomic mass is 16.6. The number of carbonyl (C=O) groups excluding carboxylic acids is 3. The number of nitrogens with zero attached hydrogens (tertiary/aromatic N) is 2. The molecule has 14 heteroatoms. The molecule has 3 unspecified atom stereocenters. The molecule has 6 rings (SSSR count). The summed E-state index contributed by atoms with van der Waals surface area (Å²) in [6.07, 6.45) is 15.3. The Kier molecular flexibility index (Phi) is 12.0. The van der Waals surface area contributed by atoms with Gasteiger partial charge in [-0.2, -0.15) is 5.12 Å². The van der Waals surface area contributed by atoms with E-state index in [4.69, 9.17) is 9.47 Å². The zero-order chi connectivity index (χ0) is 36.3. The van der Waals surface area contributed by atoms with Crippen LogP contribution < -0.4 is 26.8 Å². The number of nitrogens with one attached hydrogen (secondary N) is 5. The zero-order valence-corrected chi connectivity index (χ0v) is 31.0. The molecule has 2 aliphatic carbocycles. The molecule has 0 bridgehead atoms. The van der Waals surface area contributed by atoms with Crippen molar-refractivity contribution in [2.45, 2.75) is 164 Å². The summed E-state index contributed by atoms with van der Waals surface area (Å²) in [5.41, 5.74) is 5.47. The van der Waals surface area contributed by atoms with E-state index >= 15 is 0 Å². The van der Waals surface area contributed by atoms with Crippen LogP contribution in [0.4, 0.5) is 4.79 Å². The number of hydrazine groups is 2. The van der Waals surface area contributed by atoms with Gasteiger partial charge in [0, 0.05) is 31.7 Å². The number of carboxylic acid groups (broad SMARTS) is 1. The van der Waals surface area contributed by atoms with Gasteiger partial charge in [-0.1, -0.05) is 31.4 Å². The fourth-order valence-electron chi connectivity index (χ4n) is 9.05. The van der Waals surface area contributed by atoms with Gasteiger partial charge >= 0.3 is 12.1 Å². The van der Waals surface area contributed by atoms with Gasteiger partial charge in [-0.3, -0.25) is 9.59 Å². The third-order valence-electron chi connectivity index (χ3n) is 12.0. The SMILES string of the molecule is COC1CCC(C2NN([C@H]3C[C@H]4C(=O)N[C@]5(C(=O)O)C[C@H]5/C=C\CCCCC[C@H](NC(=O)OC(C)(C)C)C(=O)N4C3)NC2C2CCCCN2)CC1. The Bertz CT molecular complexity index is 1290. The third-order valence-corrected chi connectivity index (χ3v) is 12.0. The van der Waals surface area contributed by atoms with Crippen LogP contribution >= 0.6 is 0 Å². The van der Waals surface area contributed by atoms with Crippen molar-refractivity contribution in [3.05, 3.63) is 12.2 Å². The smallest absolute Gasteiger partial charge is 0.408 e. The minimum absolute atomic E-state index is 0.132. The molecule has 0 aromatic carbocycles. The standard InChI is InChI=1S/C37H61N7O7/c1-36(2,3)51-35(49)39-28-14-9-7-5-6-8-12-24-21-37(24,34(47)48)40-32(45)29-20-25(22-43(29)33(28)46)44-41-30(23-15-17-26(50-4)18-16-23)31(42-44)27-13-10-11-19-38-27/h8,12,23-31,38,41-42H,5-7,9-11,13-22H2,1-4H3,(H,39,49)(H,40,45)(H,47,48)/b12-8-/t23?,24-,25+,26?,27?,28+,29+,30?,31?,37-/m1/s1. The Morgan fingerprint density at radius 2 is 1.73 bits per heavy atom. The van der Waals surface area contributed by atoms with Gasteiger partial charge in [0.15, 0.2) is 0 Å². The van der Waals surface area contributed by atoms with E-state index in [1.54, 1.807) is 32.8 Å². The lowest BCUT2D eigenvalue weighted by atomic mass is 9.78. The van der Waals surface area contributed by atoms with Crippen molar-refractivity contribution in [2.75, 3.05) is 20.2 Å². The highest BCUT2D eigenvalue weighted by molar-refractivity contribution is 5.96. The molecule has 0 aromatic heterocycles. The molecule has 51 heavy (non-hydrogen) atoms. The summed E-state index contributed by atoms with van der Waals surface area (Å²) in [5.74, 6) is -1.76. The van der Waals surface area contributed by atoms with E-state index in [1.165, 1.54) is 6.42 Å². The molecule has 5 fully saturated rings. The van der Waals surface area contributed by atoms with E-state index in [1.807, 2.05) is 17.3 Å². The number of carbonyl (C=O) groups is 4. The van der Waals surface area contributed by atoms with E-state index in [2.05, 4.69) is 26.8 Å². The predicted octanol–water partition coefficient (Wildman–Crippen LogP) is 2.74. The number of aliphatic carboxylic acids is 1. The summed E-state index contributed by atoms with van der Waals surface area (Å²) in [5, 5.41) is 21.8. The fraction of sp³-hybridized carbons (Fsp3) is 0.838. The van der Waals surface area contributed by atoms with Gasteiger partial charge in [-0.25, -0.2) is 20.4 Å². The number of hydrogen-bond donors (Lipinski definition) is 6. The number of amides is 3. The first-order valence-corrected chi connectivity index (χ1v) is 19.5. The molecule has 2 saturated carbocycles. The van der Waals surface area contributed by atoms with Crippen LogP contribution in [0, 0.1) is 11.8 Å². The predicted molar refractivity (Wildman–Crippen MR) is 190 cm³/mol. The van der Waals surface area contributed by atoms with Crippen LogP contribution in [0.25, 0.3) is 0 Å². The molecule has 6 N–H and O–H groups in total. The van der Waals surface area contributed by atoms with Crippen molar-refractivity contribution < 1.29 is 33.8 Å². The van der Waals surface area contributed by atoms with Crippen molar-refractivity contribution in [3.63, 3.8) is 0 Å². The van der Waals surface area contributed by atoms with Crippen molar-refractivity contribution in [1.29, 1.82) is 0 Å². The second kappa shape index (κ2) is 16.1. The molecule has 3 saturated heterocycles. The van der Waals surface area contributed by atoms with Gasteiger partial charge in [0.25, 0.3) is 0 Å². The van der Waals surface area contributed by atoms with Crippen molar-refractivity contribution in [2.24, 2.45) is 11.8 Å². The maximum absolute atomic E-state index is 14.5. The van der Waals surface area contributed by atoms with Gasteiger partial charge in [0.05, 0.1) is 18.2 Å². The summed E-state index contributed by atoms with van der Waals surface area (Å²) in [6, 6.07) is -1.49. The van der Waals surface area contributed by atoms with E-state index in [0.29, 0.717) is 37.7 Å². The quantitative estimate of drug-likeness (QED) is 0.223. The molecule has 286 valence electrons. The van der Waals surface area contributed by atoms with E-state index in [9.17, 15) is 24.3 Å². The van der Waals surface area contributed by atoms with Crippen LogP contribution in [-0.4, -0.2) is 113 Å². The zero-order valence-electron chi connectivity index (χ0n) is 31.0. The van der Waals surface area contributed by atoms with Crippen LogP contribution in [0.5, 0.6) is 0 Å². The molecule has 0 radical (unpaired) electrons. The number of allylic oxidation sites excluding steroid dienone is 1. The van der Waals surface area contributed by atoms with E-state index in [0.717, 1.165) is 64.3 Å². The molecular weight excluding hydrogens is 654 g/mol. The Morgan fingerprint density at radius 3 is 2.41 bits per heavy atom. The van der Waals surface area contributed by atoms with Crippen LogP contribution in [0.1, 0.15) is 111 Å². The molecular formula is C37H61N7O7. The number of alkyl carbamates (subject to hydrolysis) is 1. The summed E-state index contributed by atoms with van der Waals surface area (Å²) in [4.78, 5) is 55.9. The monoisotopic (exact) mass is 715 g/mol. The van der Waals surface area contributed by atoms with Gasteiger partial charge in [-0.15, -0.1) is 0 Å². The maximum atomic E-state index is 14.5. The van der Waals surface area contributed by atoms with Gasteiger partial charge < -0.3 is 35.4 Å². The van der Waals surface area contributed by atoms with Crippen molar-refractivity contribution in [1.82, 2.24) is 36.8 Å². The van der Waals surface area contributed by atoms with E-state index < -0.39 is 41.2 Å². The van der Waals surface area contributed by atoms with Gasteiger partial charge in [-0.05, 0) is 104 Å². The minimum atomic E-state index is -1.39. The average Bonchev–Trinajstić information content (AvgIpc) is 3.40. The second-order valence-corrected chi connectivity index (χ2v) is 16.7. The van der Waals surface area contributed by atoms with Gasteiger partial charge in [0.2, 0.25) is 11.8 Å². The third kappa shape index (κ3) is 8.89. The number of carboxylic acids is 1. The van der Waals surface area contributed by atoms with Crippen LogP contribution in [0.2, 0.25) is 0 Å². The number of methoxy groups -OCH3 is 1. The molecule has 14 nitrogen and oxygen atoms in total. The lowest BCUT2D eigenvalue weighted by molar-refractivity contribution is -0.145. The Morgan fingerprint density at radius 1 is 0.980 bits per heavy atom. The Balaban J connectivity index is 1.26. The van der Waals surface area contributed by atoms with Crippen LogP contribution in [0.15, 0.2) is 12.2 Å². The average molecular weight is 716 g/mol. The number of fused-ring (bicyclic) bond motifs is 2. The summed E-state index contributed by atoms with van der Waals surface area (Å²) in [7, 11) is 1.79. The summed E-state index contributed by atoms with van der Waals surface area (Å²) < 4.78 is 11.2. The van der Waals surface area contributed by atoms with Gasteiger partial charge in [0.1, 0.15) is 23.2 Å². The van der Waals surface area contributed by atoms with Crippen molar-refractivity contribution >= 4 is 23.9 Å². The Hall–Kier alpha value is -2.78. The first kappa shape index (κ1) is 38.0. The molecule has 0 aromatic rings. The van der Waals surface area contributed by atoms with Crippen LogP contribution in [0.3, 0.4) is 0 Å². The fourth-order valence-corrected chi connectivity index (χ4v) is 9.05. The molecule has 4 heterocycles. The lowest BCUT2D eigenvalue weighted by Crippen LogP contribution is -2.56. The van der Waals surface area contributed by atoms with Crippen molar-refractivity contribution in [3.8, 4) is 0 Å². The van der Waals surface area contributed by atoms with E-state index in [-0.39, 0.29) is 42.5 Å². The molecule has 8 atom stereocenters. The number of rotatable bonds is 6. The topological polar surface area (TPSA) is 174 Å². The lowest BCUT2D eigenvalue weighted by Gasteiger charge is -2.37. The highest BCUT2D eigenvalue weighted by Gasteiger charge is 2.61. The first-order valence-electron chi connectivity index (χ1n) is 19.5. The molecule has 3 amide bonds. The number of ether oxygens (including phenoxy) is 2. The summed E-state index contributed by atoms with van der Waals surface area (Å²) >= 11 is 0. The number of piperidine rings is 1. The van der Waals surface area contributed by atoms with Crippen LogP contribution in [-0.2, 0) is 23.9 Å². The normalized spacial score (nSPS) is 39.1. The minimum Gasteiger partial charge on any atom is -0.479 e. The first-order chi connectivity index (χ1) is 24.4. The molecule has 0 spiro atoms. The maximum Gasteiger partial charge on any atom is 0.408 e. The highest BCUT2D eigenvalue weighted by Crippen LogP contribution is 2.45. The Labute approximate surface area is 302 Å². The second-order valence-electron chi connectivity index (χ2n) is 16.7. The largest absolute Gasteiger partial charge is 0.479 e.